The minimum Gasteiger partial charge on any atom is -0.389 e. The highest BCUT2D eigenvalue weighted by Crippen LogP contribution is 2.17. The Morgan fingerprint density at radius 2 is 1.89 bits per heavy atom. The van der Waals surface area contributed by atoms with E-state index in [-0.39, 0.29) is 23.3 Å². The van der Waals surface area contributed by atoms with Gasteiger partial charge in [0.15, 0.2) is 0 Å². The number of amides is 2. The second-order valence-corrected chi connectivity index (χ2v) is 4.88. The fourth-order valence-corrected chi connectivity index (χ4v) is 2.16. The van der Waals surface area contributed by atoms with Gasteiger partial charge in [-0.25, -0.2) is 4.39 Å². The number of hydrogen-bond donors (Lipinski definition) is 1. The van der Waals surface area contributed by atoms with Gasteiger partial charge in [0.05, 0.1) is 6.54 Å². The van der Waals surface area contributed by atoms with Gasteiger partial charge in [-0.15, -0.1) is 0 Å². The van der Waals surface area contributed by atoms with Crippen LogP contribution in [0, 0.1) is 5.82 Å². The molecule has 6 heteroatoms. The van der Waals surface area contributed by atoms with Gasteiger partial charge in [-0.2, -0.15) is 0 Å². The Balaban J connectivity index is 2.25. The van der Waals surface area contributed by atoms with Gasteiger partial charge >= 0.3 is 0 Å². The second-order valence-electron chi connectivity index (χ2n) is 4.44. The number of carbonyl (C=O) groups excluding carboxylic acids is 2. The number of imide groups is 1. The molecule has 2 amide bonds. The highest BCUT2D eigenvalue weighted by molar-refractivity contribution is 7.80. The van der Waals surface area contributed by atoms with E-state index in [9.17, 15) is 14.0 Å². The first-order valence-electron chi connectivity index (χ1n) is 5.90. The van der Waals surface area contributed by atoms with Gasteiger partial charge < -0.3 is 5.73 Å². The molecule has 1 aromatic carbocycles. The van der Waals surface area contributed by atoms with Crippen molar-refractivity contribution in [2.24, 2.45) is 5.73 Å². The number of halogens is 1. The Morgan fingerprint density at radius 3 is 2.47 bits per heavy atom. The molecule has 0 atom stereocenters. The smallest absolute Gasteiger partial charge is 0.229 e. The van der Waals surface area contributed by atoms with Crippen LogP contribution < -0.4 is 5.73 Å². The molecule has 19 heavy (non-hydrogen) atoms. The Kier molecular flexibility index (Phi) is 3.90. The third-order valence-electron chi connectivity index (χ3n) is 2.97. The summed E-state index contributed by atoms with van der Waals surface area (Å²) in [5.41, 5.74) is 6.35. The van der Waals surface area contributed by atoms with Crippen molar-refractivity contribution < 1.29 is 14.0 Å². The van der Waals surface area contributed by atoms with Gasteiger partial charge in [0.2, 0.25) is 11.8 Å². The van der Waals surface area contributed by atoms with Crippen LogP contribution in [0.4, 0.5) is 4.39 Å². The molecule has 2 N–H and O–H groups in total. The molecule has 0 unspecified atom stereocenters. The average Bonchev–Trinajstić information content (AvgIpc) is 2.33. The van der Waals surface area contributed by atoms with Gasteiger partial charge in [0.25, 0.3) is 0 Å². The van der Waals surface area contributed by atoms with E-state index in [2.05, 4.69) is 0 Å². The summed E-state index contributed by atoms with van der Waals surface area (Å²) in [6.45, 7) is 0.0606. The predicted octanol–water partition coefficient (Wildman–Crippen LogP) is 1.50. The van der Waals surface area contributed by atoms with Crippen molar-refractivity contribution in [2.75, 3.05) is 0 Å². The Labute approximate surface area is 115 Å². The quantitative estimate of drug-likeness (QED) is 0.673. The summed E-state index contributed by atoms with van der Waals surface area (Å²) >= 11 is 4.80. The zero-order valence-corrected chi connectivity index (χ0v) is 11.0. The van der Waals surface area contributed by atoms with Crippen molar-refractivity contribution in [1.29, 1.82) is 0 Å². The van der Waals surface area contributed by atoms with Crippen LogP contribution in [-0.4, -0.2) is 21.7 Å². The van der Waals surface area contributed by atoms with E-state index in [1.165, 1.54) is 12.1 Å². The molecule has 1 heterocycles. The molecular weight excluding hydrogens is 267 g/mol. The lowest BCUT2D eigenvalue weighted by Gasteiger charge is -2.25. The SMILES string of the molecule is NC(=S)c1cc(F)cc(CN2C(=O)CCCC2=O)c1. The van der Waals surface area contributed by atoms with Crippen molar-refractivity contribution in [1.82, 2.24) is 4.90 Å². The molecule has 1 aliphatic rings. The zero-order chi connectivity index (χ0) is 14.0. The van der Waals surface area contributed by atoms with Gasteiger partial charge in [0, 0.05) is 18.4 Å². The highest BCUT2D eigenvalue weighted by atomic mass is 32.1. The molecule has 1 aromatic rings. The normalized spacial score (nSPS) is 15.7. The summed E-state index contributed by atoms with van der Waals surface area (Å²) in [6.07, 6.45) is 1.28. The average molecular weight is 280 g/mol. The zero-order valence-electron chi connectivity index (χ0n) is 10.2. The Morgan fingerprint density at radius 1 is 1.26 bits per heavy atom. The lowest BCUT2D eigenvalue weighted by atomic mass is 10.1. The Bertz CT molecular complexity index is 544. The third kappa shape index (κ3) is 3.14. The van der Waals surface area contributed by atoms with Crippen LogP contribution in [0.1, 0.15) is 30.4 Å². The van der Waals surface area contributed by atoms with Crippen molar-refractivity contribution in [3.63, 3.8) is 0 Å². The molecule has 1 fully saturated rings. The number of rotatable bonds is 3. The maximum atomic E-state index is 13.4. The van der Waals surface area contributed by atoms with Crippen molar-refractivity contribution in [3.05, 3.63) is 35.1 Å². The molecule has 0 aromatic heterocycles. The van der Waals surface area contributed by atoms with E-state index in [1.807, 2.05) is 0 Å². The molecule has 0 saturated carbocycles. The molecule has 1 saturated heterocycles. The van der Waals surface area contributed by atoms with E-state index in [1.54, 1.807) is 6.07 Å². The standard InChI is InChI=1S/C13H13FN2O2S/c14-10-5-8(4-9(6-10)13(15)19)7-16-11(17)2-1-3-12(16)18/h4-6H,1-3,7H2,(H2,15,19). The van der Waals surface area contributed by atoms with Gasteiger partial charge in [-0.05, 0) is 30.2 Å². The summed E-state index contributed by atoms with van der Waals surface area (Å²) in [5.74, 6) is -0.938. The molecule has 100 valence electrons. The Hall–Kier alpha value is -1.82. The van der Waals surface area contributed by atoms with Gasteiger partial charge in [0.1, 0.15) is 10.8 Å². The topological polar surface area (TPSA) is 63.4 Å². The number of benzene rings is 1. The van der Waals surface area contributed by atoms with Gasteiger partial charge in [-0.3, -0.25) is 14.5 Å². The van der Waals surface area contributed by atoms with E-state index < -0.39 is 5.82 Å². The van der Waals surface area contributed by atoms with E-state index in [0.717, 1.165) is 4.90 Å². The lowest BCUT2D eigenvalue weighted by molar-refractivity contribution is -0.148. The minimum atomic E-state index is -0.489. The van der Waals surface area contributed by atoms with Crippen LogP contribution in [0.3, 0.4) is 0 Å². The van der Waals surface area contributed by atoms with Crippen LogP contribution >= 0.6 is 12.2 Å². The number of likely N-dealkylation sites (tertiary alicyclic amines) is 1. The molecule has 0 aliphatic carbocycles. The molecule has 0 radical (unpaired) electrons. The maximum absolute atomic E-state index is 13.4. The third-order valence-corrected chi connectivity index (χ3v) is 3.20. The van der Waals surface area contributed by atoms with E-state index in [0.29, 0.717) is 30.4 Å². The summed E-state index contributed by atoms with van der Waals surface area (Å²) in [5, 5.41) is 0. The van der Waals surface area contributed by atoms with Crippen LogP contribution in [0.25, 0.3) is 0 Å². The number of nitrogens with zero attached hydrogens (tertiary/aromatic N) is 1. The molecule has 2 rings (SSSR count). The first-order chi connectivity index (χ1) is 8.97. The summed E-state index contributed by atoms with van der Waals surface area (Å²) in [6, 6.07) is 4.10. The number of nitrogens with two attached hydrogens (primary N) is 1. The maximum Gasteiger partial charge on any atom is 0.229 e. The first kappa shape index (κ1) is 13.6. The van der Waals surface area contributed by atoms with Crippen molar-refractivity contribution in [3.8, 4) is 0 Å². The van der Waals surface area contributed by atoms with Crippen LogP contribution in [0.2, 0.25) is 0 Å². The second kappa shape index (κ2) is 5.44. The number of carbonyl (C=O) groups is 2. The fourth-order valence-electron chi connectivity index (χ4n) is 2.04. The van der Waals surface area contributed by atoms with Crippen LogP contribution in [0.15, 0.2) is 18.2 Å². The van der Waals surface area contributed by atoms with E-state index in [4.69, 9.17) is 18.0 Å². The monoisotopic (exact) mass is 280 g/mol. The lowest BCUT2D eigenvalue weighted by Crippen LogP contribution is -2.39. The molecule has 0 bridgehead atoms. The fraction of sp³-hybridized carbons (Fsp3) is 0.308. The largest absolute Gasteiger partial charge is 0.389 e. The minimum absolute atomic E-state index is 0.0606. The first-order valence-corrected chi connectivity index (χ1v) is 6.30. The summed E-state index contributed by atoms with van der Waals surface area (Å²) < 4.78 is 13.4. The number of thiocarbonyl (C=S) groups is 1. The predicted molar refractivity (Wildman–Crippen MR) is 71.7 cm³/mol. The van der Waals surface area contributed by atoms with Crippen LogP contribution in [-0.2, 0) is 16.1 Å². The van der Waals surface area contributed by atoms with Crippen molar-refractivity contribution in [2.45, 2.75) is 25.8 Å². The van der Waals surface area contributed by atoms with Crippen molar-refractivity contribution >= 4 is 29.0 Å². The summed E-state index contributed by atoms with van der Waals surface area (Å²) in [4.78, 5) is 24.6. The van der Waals surface area contributed by atoms with Crippen LogP contribution in [0.5, 0.6) is 0 Å². The molecule has 0 spiro atoms. The summed E-state index contributed by atoms with van der Waals surface area (Å²) in [7, 11) is 0. The van der Waals surface area contributed by atoms with Gasteiger partial charge in [-0.1, -0.05) is 12.2 Å². The molecular formula is C13H13FN2O2S. The molecule has 4 nitrogen and oxygen atoms in total. The van der Waals surface area contributed by atoms with E-state index >= 15 is 0 Å². The number of hydrogen-bond acceptors (Lipinski definition) is 3. The molecule has 1 aliphatic heterocycles. The highest BCUT2D eigenvalue weighted by Gasteiger charge is 2.25. The number of piperidine rings is 1.